The number of phenols is 1. The lowest BCUT2D eigenvalue weighted by atomic mass is 10.2. The number of hydrogen-bond donors (Lipinski definition) is 1. The number of rotatable bonds is 2. The van der Waals surface area contributed by atoms with E-state index in [1.807, 2.05) is 0 Å². The van der Waals surface area contributed by atoms with Crippen molar-refractivity contribution in [3.05, 3.63) is 17.4 Å². The van der Waals surface area contributed by atoms with Gasteiger partial charge in [0.25, 0.3) is 0 Å². The third-order valence-electron chi connectivity index (χ3n) is 2.16. The van der Waals surface area contributed by atoms with Crippen molar-refractivity contribution in [1.29, 1.82) is 0 Å². The van der Waals surface area contributed by atoms with Gasteiger partial charge >= 0.3 is 0 Å². The Morgan fingerprint density at radius 1 is 1.41 bits per heavy atom. The summed E-state index contributed by atoms with van der Waals surface area (Å²) in [6.45, 7) is 0.390. The third kappa shape index (κ3) is 2.55. The second kappa shape index (κ2) is 4.23. The number of hydrogen-bond acceptors (Lipinski definition) is 5. The molecule has 1 heterocycles. The fraction of sp³-hybridized carbons (Fsp3) is 0.333. The number of ether oxygens (including phenoxy) is 2. The van der Waals surface area contributed by atoms with Crippen LogP contribution in [0.3, 0.4) is 0 Å². The van der Waals surface area contributed by atoms with Crippen LogP contribution >= 0.6 is 10.7 Å². The minimum Gasteiger partial charge on any atom is -0.505 e. The number of phenolic OH excluding ortho intramolecular Hbond substituents is 1. The van der Waals surface area contributed by atoms with Crippen LogP contribution in [0.4, 0.5) is 4.39 Å². The van der Waals surface area contributed by atoms with E-state index < -0.39 is 26.4 Å². The van der Waals surface area contributed by atoms with E-state index in [2.05, 4.69) is 0 Å². The van der Waals surface area contributed by atoms with Crippen LogP contribution in [0, 0.1) is 5.82 Å². The second-order valence-electron chi connectivity index (χ2n) is 3.41. The zero-order valence-electron chi connectivity index (χ0n) is 8.44. The molecule has 1 N–H and O–H groups in total. The first kappa shape index (κ1) is 12.3. The lowest BCUT2D eigenvalue weighted by Gasteiger charge is -2.20. The molecule has 0 bridgehead atoms. The van der Waals surface area contributed by atoms with Gasteiger partial charge in [0.1, 0.15) is 13.2 Å². The summed E-state index contributed by atoms with van der Waals surface area (Å²) < 4.78 is 45.5. The highest BCUT2D eigenvalue weighted by Gasteiger charge is 2.24. The Morgan fingerprint density at radius 3 is 2.71 bits per heavy atom. The van der Waals surface area contributed by atoms with Crippen molar-refractivity contribution in [2.45, 2.75) is 5.75 Å². The molecular weight excluding hydrogens is 275 g/mol. The van der Waals surface area contributed by atoms with Gasteiger partial charge in [0.05, 0.1) is 5.75 Å². The molecule has 0 saturated carbocycles. The van der Waals surface area contributed by atoms with Crippen LogP contribution in [0.25, 0.3) is 0 Å². The van der Waals surface area contributed by atoms with E-state index in [1.165, 1.54) is 6.07 Å². The maximum atomic E-state index is 13.6. The van der Waals surface area contributed by atoms with Crippen LogP contribution in [0.5, 0.6) is 17.2 Å². The molecule has 1 aliphatic rings. The van der Waals surface area contributed by atoms with Crippen molar-refractivity contribution in [3.8, 4) is 17.2 Å². The normalized spacial score (nSPS) is 14.7. The monoisotopic (exact) mass is 282 g/mol. The quantitative estimate of drug-likeness (QED) is 0.830. The third-order valence-corrected chi connectivity index (χ3v) is 3.14. The van der Waals surface area contributed by atoms with Crippen molar-refractivity contribution >= 4 is 19.7 Å². The summed E-state index contributed by atoms with van der Waals surface area (Å²) in [6.07, 6.45) is 0. The lowest BCUT2D eigenvalue weighted by molar-refractivity contribution is 0.162. The predicted octanol–water partition coefficient (Wildman–Crippen LogP) is 1.37. The summed E-state index contributed by atoms with van der Waals surface area (Å²) in [4.78, 5) is 0. The molecule has 0 saturated heterocycles. The zero-order chi connectivity index (χ0) is 12.6. The maximum absolute atomic E-state index is 13.6. The second-order valence-corrected chi connectivity index (χ2v) is 6.18. The van der Waals surface area contributed by atoms with Gasteiger partial charge in [-0.1, -0.05) is 0 Å². The van der Waals surface area contributed by atoms with Gasteiger partial charge in [0.15, 0.2) is 11.5 Å². The first-order chi connectivity index (χ1) is 7.88. The summed E-state index contributed by atoms with van der Waals surface area (Å²) in [7, 11) is 1.15. The molecule has 0 fully saturated rings. The number of fused-ring (bicyclic) bond motifs is 1. The first-order valence-electron chi connectivity index (χ1n) is 4.61. The molecule has 0 amide bonds. The molecule has 94 valence electrons. The first-order valence-corrected chi connectivity index (χ1v) is 7.08. The highest BCUT2D eigenvalue weighted by Crippen LogP contribution is 2.40. The average molecular weight is 283 g/mol. The Hall–Kier alpha value is -1.21. The van der Waals surface area contributed by atoms with Gasteiger partial charge in [0, 0.05) is 16.2 Å². The van der Waals surface area contributed by atoms with Gasteiger partial charge in [-0.05, 0) is 6.07 Å². The predicted molar refractivity (Wildman–Crippen MR) is 57.5 cm³/mol. The molecule has 5 nitrogen and oxygen atoms in total. The summed E-state index contributed by atoms with van der Waals surface area (Å²) in [5, 5.41) is 9.48. The van der Waals surface area contributed by atoms with Crippen molar-refractivity contribution in [2.24, 2.45) is 0 Å². The summed E-state index contributed by atoms with van der Waals surface area (Å²) in [5.41, 5.74) is -0.165. The van der Waals surface area contributed by atoms with Crippen LogP contribution in [0.1, 0.15) is 5.56 Å². The molecule has 0 atom stereocenters. The summed E-state index contributed by atoms with van der Waals surface area (Å²) in [6, 6.07) is 1.20. The number of aromatic hydroxyl groups is 1. The van der Waals surface area contributed by atoms with Crippen molar-refractivity contribution in [2.75, 3.05) is 13.2 Å². The minimum atomic E-state index is -3.89. The Bertz CT molecular complexity index is 557. The molecule has 1 aromatic carbocycles. The number of halogens is 2. The molecule has 17 heavy (non-hydrogen) atoms. The maximum Gasteiger partial charge on any atom is 0.236 e. The summed E-state index contributed by atoms with van der Waals surface area (Å²) in [5.74, 6) is -2.68. The van der Waals surface area contributed by atoms with E-state index in [9.17, 15) is 17.9 Å². The van der Waals surface area contributed by atoms with Gasteiger partial charge in [-0.2, -0.15) is 4.39 Å². The van der Waals surface area contributed by atoms with Crippen LogP contribution in [-0.4, -0.2) is 26.7 Å². The van der Waals surface area contributed by atoms with Gasteiger partial charge in [0.2, 0.25) is 20.6 Å². The van der Waals surface area contributed by atoms with Crippen LogP contribution in [-0.2, 0) is 14.8 Å². The molecule has 0 radical (unpaired) electrons. The van der Waals surface area contributed by atoms with Crippen molar-refractivity contribution < 1.29 is 27.4 Å². The number of benzene rings is 1. The van der Waals surface area contributed by atoms with Gasteiger partial charge in [-0.3, -0.25) is 0 Å². The van der Waals surface area contributed by atoms with Crippen LogP contribution in [0.15, 0.2) is 6.07 Å². The van der Waals surface area contributed by atoms with E-state index in [0.29, 0.717) is 0 Å². The fourth-order valence-electron chi connectivity index (χ4n) is 1.48. The molecule has 0 spiro atoms. The minimum absolute atomic E-state index is 0.0573. The Kier molecular flexibility index (Phi) is 3.05. The van der Waals surface area contributed by atoms with Gasteiger partial charge in [-0.25, -0.2) is 8.42 Å². The molecule has 0 unspecified atom stereocenters. The van der Waals surface area contributed by atoms with Crippen LogP contribution < -0.4 is 9.47 Å². The van der Waals surface area contributed by atoms with Crippen molar-refractivity contribution in [3.63, 3.8) is 0 Å². The molecular formula is C9H8ClFO5S. The average Bonchev–Trinajstić information content (AvgIpc) is 2.24. The topological polar surface area (TPSA) is 72.8 Å². The Balaban J connectivity index is 2.51. The van der Waals surface area contributed by atoms with E-state index in [4.69, 9.17) is 20.2 Å². The lowest BCUT2D eigenvalue weighted by Crippen LogP contribution is -2.17. The highest BCUT2D eigenvalue weighted by molar-refractivity contribution is 8.13. The highest BCUT2D eigenvalue weighted by atomic mass is 35.7. The van der Waals surface area contributed by atoms with E-state index >= 15 is 0 Å². The molecule has 8 heteroatoms. The van der Waals surface area contributed by atoms with E-state index in [1.54, 1.807) is 0 Å². The van der Waals surface area contributed by atoms with Gasteiger partial charge in [-0.15, -0.1) is 0 Å². The van der Waals surface area contributed by atoms with Gasteiger partial charge < -0.3 is 14.6 Å². The summed E-state index contributed by atoms with van der Waals surface area (Å²) >= 11 is 0. The molecule has 1 aliphatic heterocycles. The van der Waals surface area contributed by atoms with Crippen LogP contribution in [0.2, 0.25) is 0 Å². The smallest absolute Gasteiger partial charge is 0.236 e. The van der Waals surface area contributed by atoms with E-state index in [-0.39, 0.29) is 30.3 Å². The largest absolute Gasteiger partial charge is 0.505 e. The van der Waals surface area contributed by atoms with Crippen molar-refractivity contribution in [1.82, 2.24) is 0 Å². The Labute approximate surface area is 101 Å². The molecule has 0 aliphatic carbocycles. The SMILES string of the molecule is O=S(=O)(Cl)Cc1cc2c(c(F)c1O)OCCO2. The molecule has 1 aromatic rings. The molecule has 0 aromatic heterocycles. The zero-order valence-corrected chi connectivity index (χ0v) is 10.0. The van der Waals surface area contributed by atoms with E-state index in [0.717, 1.165) is 0 Å². The molecule has 2 rings (SSSR count). The Morgan fingerprint density at radius 2 is 2.06 bits per heavy atom. The fourth-order valence-corrected chi connectivity index (χ4v) is 2.43. The standard InChI is InChI=1S/C9H8ClFO5S/c10-17(13,14)4-5-3-6-9(7(11)8(5)12)16-2-1-15-6/h3,12H,1-2,4H2.